The summed E-state index contributed by atoms with van der Waals surface area (Å²) >= 11 is 8.74. The maximum absolute atomic E-state index is 7.02. The van der Waals surface area contributed by atoms with E-state index < -0.39 is 0 Å². The Hall–Kier alpha value is -5.80. The lowest BCUT2D eigenvalue weighted by molar-refractivity contribution is 1.26. The third kappa shape index (κ3) is 7.25. The molecule has 0 N–H and O–H groups in total. The number of anilines is 3. The Morgan fingerprint density at radius 3 is 1.25 bits per heavy atom. The lowest BCUT2D eigenvalue weighted by Crippen LogP contribution is -2.13. The summed E-state index contributed by atoms with van der Waals surface area (Å²) in [6.45, 7) is 0. The normalized spacial score (nSPS) is 10.9. The summed E-state index contributed by atoms with van der Waals surface area (Å²) in [6, 6.07) is 72.8. The highest BCUT2D eigenvalue weighted by Crippen LogP contribution is 2.48. The third-order valence-corrected chi connectivity index (χ3v) is 10.2. The van der Waals surface area contributed by atoms with Crippen LogP contribution in [0.3, 0.4) is 0 Å². The van der Waals surface area contributed by atoms with Crippen molar-refractivity contribution in [3.63, 3.8) is 0 Å². The van der Waals surface area contributed by atoms with Gasteiger partial charge in [0.15, 0.2) is 0 Å². The molecule has 8 rings (SSSR count). The van der Waals surface area contributed by atoms with E-state index in [0.717, 1.165) is 49.1 Å². The lowest BCUT2D eigenvalue weighted by atomic mass is 9.94. The molecule has 51 heavy (non-hydrogen) atoms. The highest BCUT2D eigenvalue weighted by Gasteiger charge is 2.23. The first kappa shape index (κ1) is 32.4. The molecule has 0 heterocycles. The van der Waals surface area contributed by atoms with Crippen LogP contribution >= 0.6 is 23.4 Å². The zero-order valence-corrected chi connectivity index (χ0v) is 29.4. The molecule has 8 aromatic rings. The average Bonchev–Trinajstić information content (AvgIpc) is 3.20. The Balaban J connectivity index is 1.28. The van der Waals surface area contributed by atoms with Crippen molar-refractivity contribution >= 4 is 40.4 Å². The smallest absolute Gasteiger partial charge is 0.0618 e. The first-order valence-electron chi connectivity index (χ1n) is 17.0. The van der Waals surface area contributed by atoms with Crippen LogP contribution in [-0.2, 0) is 0 Å². The first-order chi connectivity index (χ1) is 25.2. The number of halogens is 1. The Labute approximate surface area is 309 Å². The van der Waals surface area contributed by atoms with Gasteiger partial charge < -0.3 is 4.90 Å². The van der Waals surface area contributed by atoms with E-state index in [-0.39, 0.29) is 0 Å². The van der Waals surface area contributed by atoms with Crippen molar-refractivity contribution in [1.29, 1.82) is 0 Å². The number of benzene rings is 8. The number of hydrogen-bond donors (Lipinski definition) is 0. The Kier molecular flexibility index (Phi) is 9.52. The van der Waals surface area contributed by atoms with Gasteiger partial charge in [-0.3, -0.25) is 0 Å². The van der Waals surface area contributed by atoms with Crippen LogP contribution in [0.5, 0.6) is 0 Å². The van der Waals surface area contributed by atoms with Gasteiger partial charge in [-0.05, 0) is 75.8 Å². The quantitative estimate of drug-likeness (QED) is 0.148. The molecule has 0 aliphatic heterocycles. The van der Waals surface area contributed by atoms with Gasteiger partial charge in [-0.1, -0.05) is 187 Å². The standard InChI is InChI=1S/C48H34ClNS/c49-41-32-43(34-45(33-41)51-44-30-26-38(27-31-44)36-16-7-2-8-17-36)50(42-28-24-37(25-29-42)35-14-5-1-6-15-35)48-46(39-18-9-3-10-19-39)22-13-23-47(48)40-20-11-4-12-21-40/h1-34H. The van der Waals surface area contributed by atoms with E-state index in [1.807, 2.05) is 6.07 Å². The Morgan fingerprint density at radius 2 is 0.765 bits per heavy atom. The SMILES string of the molecule is Clc1cc(Sc2ccc(-c3ccccc3)cc2)cc(N(c2ccc(-c3ccccc3)cc2)c2c(-c3ccccc3)cccc2-c2ccccc2)c1. The van der Waals surface area contributed by atoms with Gasteiger partial charge in [0.05, 0.1) is 5.69 Å². The van der Waals surface area contributed by atoms with Crippen molar-refractivity contribution in [3.8, 4) is 44.5 Å². The molecule has 0 amide bonds. The van der Waals surface area contributed by atoms with Crippen LogP contribution in [0.1, 0.15) is 0 Å². The van der Waals surface area contributed by atoms with Gasteiger partial charge in [-0.25, -0.2) is 0 Å². The van der Waals surface area contributed by atoms with E-state index in [1.165, 1.54) is 22.3 Å². The Morgan fingerprint density at radius 1 is 0.333 bits per heavy atom. The lowest BCUT2D eigenvalue weighted by Gasteiger charge is -2.31. The molecular formula is C48H34ClNS. The number of rotatable bonds is 9. The highest BCUT2D eigenvalue weighted by atomic mass is 35.5. The van der Waals surface area contributed by atoms with Crippen LogP contribution in [-0.4, -0.2) is 0 Å². The predicted octanol–water partition coefficient (Wildman–Crippen LogP) is 14.6. The predicted molar refractivity (Wildman–Crippen MR) is 218 cm³/mol. The average molecular weight is 692 g/mol. The molecule has 3 heteroatoms. The fourth-order valence-electron chi connectivity index (χ4n) is 6.54. The van der Waals surface area contributed by atoms with Crippen LogP contribution in [0.4, 0.5) is 17.1 Å². The molecule has 0 aliphatic carbocycles. The van der Waals surface area contributed by atoms with Crippen LogP contribution in [0.25, 0.3) is 44.5 Å². The molecule has 0 spiro atoms. The minimum Gasteiger partial charge on any atom is -0.309 e. The second-order valence-corrected chi connectivity index (χ2v) is 13.9. The molecule has 0 aromatic heterocycles. The van der Waals surface area contributed by atoms with E-state index in [1.54, 1.807) is 11.8 Å². The van der Waals surface area contributed by atoms with Crippen molar-refractivity contribution in [2.24, 2.45) is 0 Å². The molecule has 0 unspecified atom stereocenters. The van der Waals surface area contributed by atoms with Crippen LogP contribution < -0.4 is 4.90 Å². The monoisotopic (exact) mass is 691 g/mol. The third-order valence-electron chi connectivity index (χ3n) is 8.97. The molecule has 8 aromatic carbocycles. The molecule has 0 radical (unpaired) electrons. The van der Waals surface area contributed by atoms with Crippen LogP contribution in [0, 0.1) is 0 Å². The molecule has 0 saturated carbocycles. The van der Waals surface area contributed by atoms with Crippen molar-refractivity contribution in [1.82, 2.24) is 0 Å². The molecule has 0 aliphatic rings. The summed E-state index contributed by atoms with van der Waals surface area (Å²) < 4.78 is 0. The highest BCUT2D eigenvalue weighted by molar-refractivity contribution is 7.99. The van der Waals surface area contributed by atoms with Crippen molar-refractivity contribution in [2.45, 2.75) is 9.79 Å². The second kappa shape index (κ2) is 15.0. The van der Waals surface area contributed by atoms with E-state index in [0.29, 0.717) is 5.02 Å². The summed E-state index contributed by atoms with van der Waals surface area (Å²) in [7, 11) is 0. The zero-order chi connectivity index (χ0) is 34.4. The minimum atomic E-state index is 0.681. The van der Waals surface area contributed by atoms with Gasteiger partial charge in [0.2, 0.25) is 0 Å². The molecule has 0 bridgehead atoms. The van der Waals surface area contributed by atoms with Crippen LogP contribution in [0.2, 0.25) is 5.02 Å². The minimum absolute atomic E-state index is 0.681. The fourth-order valence-corrected chi connectivity index (χ4v) is 7.75. The maximum atomic E-state index is 7.02. The van der Waals surface area contributed by atoms with Gasteiger partial charge >= 0.3 is 0 Å². The summed E-state index contributed by atoms with van der Waals surface area (Å²) in [5, 5.41) is 0.681. The van der Waals surface area contributed by atoms with Gasteiger partial charge in [-0.2, -0.15) is 0 Å². The van der Waals surface area contributed by atoms with E-state index in [2.05, 4.69) is 205 Å². The second-order valence-electron chi connectivity index (χ2n) is 12.3. The van der Waals surface area contributed by atoms with Gasteiger partial charge in [0.25, 0.3) is 0 Å². The van der Waals surface area contributed by atoms with Crippen molar-refractivity contribution in [2.75, 3.05) is 4.90 Å². The maximum Gasteiger partial charge on any atom is 0.0618 e. The van der Waals surface area contributed by atoms with Crippen molar-refractivity contribution in [3.05, 3.63) is 211 Å². The van der Waals surface area contributed by atoms with Gasteiger partial charge in [-0.15, -0.1) is 0 Å². The number of para-hydroxylation sites is 1. The topological polar surface area (TPSA) is 3.24 Å². The van der Waals surface area contributed by atoms with Crippen molar-refractivity contribution < 1.29 is 0 Å². The molecular weight excluding hydrogens is 658 g/mol. The largest absolute Gasteiger partial charge is 0.309 e. The summed E-state index contributed by atoms with van der Waals surface area (Å²) in [6.07, 6.45) is 0. The first-order valence-corrected chi connectivity index (χ1v) is 18.2. The number of nitrogens with zero attached hydrogens (tertiary/aromatic N) is 1. The number of hydrogen-bond acceptors (Lipinski definition) is 2. The van der Waals surface area contributed by atoms with Crippen LogP contribution in [0.15, 0.2) is 216 Å². The summed E-state index contributed by atoms with van der Waals surface area (Å²) in [4.78, 5) is 4.58. The summed E-state index contributed by atoms with van der Waals surface area (Å²) in [5.41, 5.74) is 12.4. The van der Waals surface area contributed by atoms with Gasteiger partial charge in [0, 0.05) is 37.3 Å². The Bertz CT molecular complexity index is 2300. The van der Waals surface area contributed by atoms with E-state index >= 15 is 0 Å². The molecule has 0 fully saturated rings. The molecule has 1 nitrogen and oxygen atoms in total. The molecule has 244 valence electrons. The molecule has 0 saturated heterocycles. The van der Waals surface area contributed by atoms with E-state index in [9.17, 15) is 0 Å². The summed E-state index contributed by atoms with van der Waals surface area (Å²) in [5.74, 6) is 0. The molecule has 0 atom stereocenters. The fraction of sp³-hybridized carbons (Fsp3) is 0. The van der Waals surface area contributed by atoms with E-state index in [4.69, 9.17) is 11.6 Å². The van der Waals surface area contributed by atoms with Gasteiger partial charge in [0.1, 0.15) is 0 Å². The zero-order valence-electron chi connectivity index (χ0n) is 27.9.